The van der Waals surface area contributed by atoms with Gasteiger partial charge in [0.2, 0.25) is 0 Å². The Kier molecular flexibility index (Phi) is 1.73. The molecular formula is C6H9NS. The van der Waals surface area contributed by atoms with Crippen LogP contribution in [0.15, 0.2) is 15.6 Å². The molecule has 0 saturated carbocycles. The fourth-order valence-corrected chi connectivity index (χ4v) is 1.19. The molecule has 0 amide bonds. The molecule has 0 spiro atoms. The van der Waals surface area contributed by atoms with Crippen LogP contribution >= 0.6 is 11.8 Å². The summed E-state index contributed by atoms with van der Waals surface area (Å²) < 4.78 is 0. The van der Waals surface area contributed by atoms with Crippen molar-refractivity contribution in [2.75, 3.05) is 5.75 Å². The van der Waals surface area contributed by atoms with Gasteiger partial charge in [-0.05, 0) is 13.8 Å². The molecule has 0 saturated heterocycles. The fraction of sp³-hybridized carbons (Fsp3) is 0.500. The van der Waals surface area contributed by atoms with Crippen LogP contribution in [-0.2, 0) is 0 Å². The molecule has 44 valence electrons. The minimum Gasteiger partial charge on any atom is -0.264 e. The van der Waals surface area contributed by atoms with Crippen molar-refractivity contribution in [1.29, 1.82) is 0 Å². The number of hydrogen-bond acceptors (Lipinski definition) is 2. The predicted molar refractivity (Wildman–Crippen MR) is 39.3 cm³/mol. The molecule has 0 atom stereocenters. The molecule has 0 aromatic carbocycles. The molecule has 1 rings (SSSR count). The lowest BCUT2D eigenvalue weighted by molar-refractivity contribution is 1.27. The van der Waals surface area contributed by atoms with Crippen molar-refractivity contribution in [3.8, 4) is 0 Å². The highest BCUT2D eigenvalue weighted by Crippen LogP contribution is 2.21. The van der Waals surface area contributed by atoms with Gasteiger partial charge in [0, 0.05) is 22.6 Å². The Morgan fingerprint density at radius 1 is 1.62 bits per heavy atom. The van der Waals surface area contributed by atoms with Gasteiger partial charge >= 0.3 is 0 Å². The number of aliphatic imine (C=N–C) groups is 1. The van der Waals surface area contributed by atoms with E-state index in [0.29, 0.717) is 0 Å². The van der Waals surface area contributed by atoms with E-state index in [0.717, 1.165) is 5.75 Å². The molecule has 0 radical (unpaired) electrons. The lowest BCUT2D eigenvalue weighted by Crippen LogP contribution is -1.89. The summed E-state index contributed by atoms with van der Waals surface area (Å²) in [5.74, 6) is 1.04. The molecule has 0 fully saturated rings. The second kappa shape index (κ2) is 2.35. The monoisotopic (exact) mass is 127 g/mol. The summed E-state index contributed by atoms with van der Waals surface area (Å²) in [6, 6.07) is 0. The summed E-state index contributed by atoms with van der Waals surface area (Å²) >= 11 is 1.86. The summed E-state index contributed by atoms with van der Waals surface area (Å²) in [6.45, 7) is 4.15. The molecule has 0 N–H and O–H groups in total. The molecule has 1 nitrogen and oxygen atoms in total. The van der Waals surface area contributed by atoms with Crippen LogP contribution in [-0.4, -0.2) is 12.0 Å². The summed E-state index contributed by atoms with van der Waals surface area (Å²) in [7, 11) is 0. The summed E-state index contributed by atoms with van der Waals surface area (Å²) in [4.78, 5) is 5.50. The molecule has 0 aromatic heterocycles. The Morgan fingerprint density at radius 3 is 2.75 bits per heavy atom. The standard InChI is InChI=1S/C6H9NS/c1-5-6(2)8-4-3-7-5/h3H,4H2,1-2H3. The van der Waals surface area contributed by atoms with E-state index in [4.69, 9.17) is 0 Å². The van der Waals surface area contributed by atoms with Crippen molar-refractivity contribution in [3.63, 3.8) is 0 Å². The van der Waals surface area contributed by atoms with Gasteiger partial charge in [-0.1, -0.05) is 0 Å². The highest BCUT2D eigenvalue weighted by atomic mass is 32.2. The van der Waals surface area contributed by atoms with E-state index in [2.05, 4.69) is 11.9 Å². The van der Waals surface area contributed by atoms with Gasteiger partial charge in [-0.3, -0.25) is 4.99 Å². The smallest absolute Gasteiger partial charge is 0.0461 e. The minimum absolute atomic E-state index is 1.04. The summed E-state index contributed by atoms with van der Waals surface area (Å²) in [5.41, 5.74) is 1.17. The zero-order valence-electron chi connectivity index (χ0n) is 5.14. The van der Waals surface area contributed by atoms with Crippen LogP contribution in [0.5, 0.6) is 0 Å². The van der Waals surface area contributed by atoms with E-state index in [1.807, 2.05) is 24.9 Å². The third-order valence-electron chi connectivity index (χ3n) is 1.17. The Labute approximate surface area is 53.9 Å². The van der Waals surface area contributed by atoms with Crippen LogP contribution in [0.2, 0.25) is 0 Å². The number of allylic oxidation sites excluding steroid dienone is 2. The van der Waals surface area contributed by atoms with Crippen LogP contribution in [0.25, 0.3) is 0 Å². The van der Waals surface area contributed by atoms with Gasteiger partial charge < -0.3 is 0 Å². The third-order valence-corrected chi connectivity index (χ3v) is 2.21. The number of rotatable bonds is 0. The summed E-state index contributed by atoms with van der Waals surface area (Å²) in [6.07, 6.45) is 1.95. The third kappa shape index (κ3) is 1.13. The first-order valence-electron chi connectivity index (χ1n) is 2.63. The molecule has 0 unspecified atom stereocenters. The topological polar surface area (TPSA) is 12.4 Å². The molecule has 1 heterocycles. The van der Waals surface area contributed by atoms with Gasteiger partial charge in [0.15, 0.2) is 0 Å². The Morgan fingerprint density at radius 2 is 2.38 bits per heavy atom. The lowest BCUT2D eigenvalue weighted by atomic mass is 10.5. The largest absolute Gasteiger partial charge is 0.264 e. The molecular weight excluding hydrogens is 118 g/mol. The Hall–Kier alpha value is -0.240. The average molecular weight is 127 g/mol. The highest BCUT2D eigenvalue weighted by molar-refractivity contribution is 8.03. The normalized spacial score (nSPS) is 19.8. The van der Waals surface area contributed by atoms with E-state index in [1.165, 1.54) is 10.6 Å². The van der Waals surface area contributed by atoms with Crippen molar-refractivity contribution in [3.05, 3.63) is 10.6 Å². The van der Waals surface area contributed by atoms with Crippen molar-refractivity contribution in [2.24, 2.45) is 4.99 Å². The molecule has 0 bridgehead atoms. The summed E-state index contributed by atoms with van der Waals surface area (Å²) in [5, 5.41) is 0. The highest BCUT2D eigenvalue weighted by Gasteiger charge is 1.98. The zero-order valence-corrected chi connectivity index (χ0v) is 5.96. The van der Waals surface area contributed by atoms with Crippen LogP contribution < -0.4 is 0 Å². The van der Waals surface area contributed by atoms with Gasteiger partial charge in [0.25, 0.3) is 0 Å². The van der Waals surface area contributed by atoms with Crippen LogP contribution in [0, 0.1) is 0 Å². The van der Waals surface area contributed by atoms with E-state index in [1.54, 1.807) is 0 Å². The first kappa shape index (κ1) is 5.89. The number of hydrogen-bond donors (Lipinski definition) is 0. The van der Waals surface area contributed by atoms with Crippen molar-refractivity contribution < 1.29 is 0 Å². The van der Waals surface area contributed by atoms with E-state index < -0.39 is 0 Å². The van der Waals surface area contributed by atoms with Gasteiger partial charge in [-0.25, -0.2) is 0 Å². The average Bonchev–Trinajstić information content (AvgIpc) is 1.77. The van der Waals surface area contributed by atoms with Gasteiger partial charge in [0.1, 0.15) is 0 Å². The molecule has 1 aliphatic heterocycles. The maximum Gasteiger partial charge on any atom is 0.0461 e. The van der Waals surface area contributed by atoms with Gasteiger partial charge in [0.05, 0.1) is 0 Å². The molecule has 0 aromatic rings. The number of thioether (sulfide) groups is 1. The van der Waals surface area contributed by atoms with Crippen LogP contribution in [0.4, 0.5) is 0 Å². The second-order valence-electron chi connectivity index (χ2n) is 1.76. The van der Waals surface area contributed by atoms with Crippen molar-refractivity contribution in [1.82, 2.24) is 0 Å². The SMILES string of the molecule is CC1=C(C)SCC=N1. The van der Waals surface area contributed by atoms with Gasteiger partial charge in [-0.2, -0.15) is 0 Å². The fourth-order valence-electron chi connectivity index (χ4n) is 0.532. The van der Waals surface area contributed by atoms with E-state index in [9.17, 15) is 0 Å². The maximum atomic E-state index is 4.14. The minimum atomic E-state index is 1.04. The Bertz CT molecular complexity index is 147. The van der Waals surface area contributed by atoms with Crippen molar-refractivity contribution >= 4 is 18.0 Å². The van der Waals surface area contributed by atoms with E-state index >= 15 is 0 Å². The molecule has 1 aliphatic rings. The van der Waals surface area contributed by atoms with Crippen molar-refractivity contribution in [2.45, 2.75) is 13.8 Å². The Balaban J connectivity index is 2.76. The molecule has 2 heteroatoms. The first-order valence-corrected chi connectivity index (χ1v) is 3.62. The molecule has 0 aliphatic carbocycles. The lowest BCUT2D eigenvalue weighted by Gasteiger charge is -2.04. The zero-order chi connectivity index (χ0) is 5.98. The van der Waals surface area contributed by atoms with Crippen LogP contribution in [0.1, 0.15) is 13.8 Å². The first-order chi connectivity index (χ1) is 3.80. The van der Waals surface area contributed by atoms with E-state index in [-0.39, 0.29) is 0 Å². The molecule has 8 heavy (non-hydrogen) atoms. The quantitative estimate of drug-likeness (QED) is 0.485. The second-order valence-corrected chi connectivity index (χ2v) is 3.00. The number of nitrogens with zero attached hydrogens (tertiary/aromatic N) is 1. The van der Waals surface area contributed by atoms with Gasteiger partial charge in [-0.15, -0.1) is 11.8 Å². The predicted octanol–water partition coefficient (Wildman–Crippen LogP) is 2.06. The maximum absolute atomic E-state index is 4.14. The van der Waals surface area contributed by atoms with Crippen LogP contribution in [0.3, 0.4) is 0 Å².